The minimum absolute atomic E-state index is 0.00288. The number of carbonyl (C=O) groups is 5. The lowest BCUT2D eigenvalue weighted by Gasteiger charge is -2.24. The van der Waals surface area contributed by atoms with Crippen LogP contribution >= 0.6 is 0 Å². The third-order valence-corrected chi connectivity index (χ3v) is 7.66. The number of esters is 3. The van der Waals surface area contributed by atoms with E-state index in [0.29, 0.717) is 0 Å². The van der Waals surface area contributed by atoms with Gasteiger partial charge in [0.05, 0.1) is 0 Å². The van der Waals surface area contributed by atoms with Crippen LogP contribution in [-0.2, 0) is 62.7 Å². The Morgan fingerprint density at radius 3 is 1.65 bits per heavy atom. The number of benzene rings is 3. The molecule has 4 N–H and O–H groups in total. The molecule has 1 saturated heterocycles. The molecule has 1 aliphatic rings. The van der Waals surface area contributed by atoms with Crippen molar-refractivity contribution in [2.45, 2.75) is 83.3 Å². The number of carbonyl (C=O) groups excluding carboxylic acids is 5. The molecule has 0 radical (unpaired) electrons. The summed E-state index contributed by atoms with van der Waals surface area (Å²) in [7, 11) is 0. The van der Waals surface area contributed by atoms with Crippen molar-refractivity contribution < 1.29 is 42.9 Å². The van der Waals surface area contributed by atoms with E-state index in [1.54, 1.807) is 36.4 Å². The predicted molar refractivity (Wildman–Crippen MR) is 178 cm³/mol. The lowest BCUT2D eigenvalue weighted by molar-refractivity contribution is -0.151. The Morgan fingerprint density at radius 1 is 0.653 bits per heavy atom. The molecule has 49 heavy (non-hydrogen) atoms. The van der Waals surface area contributed by atoms with E-state index in [-0.39, 0.29) is 45.0 Å². The number of hydrogen-bond acceptors (Lipinski definition) is 10. The Kier molecular flexibility index (Phi) is 13.9. The molecule has 0 aromatic heterocycles. The lowest BCUT2D eigenvalue weighted by Crippen LogP contribution is -2.53. The Bertz CT molecular complexity index is 1540. The van der Waals surface area contributed by atoms with Crippen molar-refractivity contribution in [2.24, 2.45) is 11.7 Å². The topological polar surface area (TPSA) is 176 Å². The van der Waals surface area contributed by atoms with E-state index >= 15 is 0 Å². The highest BCUT2D eigenvalue weighted by molar-refractivity contribution is 5.96. The van der Waals surface area contributed by atoms with Crippen molar-refractivity contribution in [2.75, 3.05) is 0 Å². The molecule has 0 bridgehead atoms. The summed E-state index contributed by atoms with van der Waals surface area (Å²) in [5.74, 6) is -3.41. The van der Waals surface area contributed by atoms with E-state index in [1.165, 1.54) is 0 Å². The van der Waals surface area contributed by atoms with E-state index in [0.717, 1.165) is 16.7 Å². The van der Waals surface area contributed by atoms with E-state index < -0.39 is 60.1 Å². The third kappa shape index (κ3) is 12.2. The molecule has 2 amide bonds. The zero-order valence-corrected chi connectivity index (χ0v) is 27.6. The minimum atomic E-state index is -1.19. The van der Waals surface area contributed by atoms with Gasteiger partial charge in [-0.15, -0.1) is 0 Å². The fourth-order valence-corrected chi connectivity index (χ4v) is 4.91. The summed E-state index contributed by atoms with van der Waals surface area (Å²) in [6.45, 7) is 3.77. The number of amides is 2. The number of epoxide rings is 1. The molecule has 3 aromatic rings. The van der Waals surface area contributed by atoms with Crippen LogP contribution in [0.15, 0.2) is 91.0 Å². The number of ether oxygens (including phenoxy) is 4. The zero-order valence-electron chi connectivity index (χ0n) is 27.6. The average molecular weight is 674 g/mol. The molecular weight excluding hydrogens is 630 g/mol. The van der Waals surface area contributed by atoms with Gasteiger partial charge in [-0.25, -0.2) is 9.59 Å². The number of nitrogens with two attached hydrogens (primary N) is 1. The predicted octanol–water partition coefficient (Wildman–Crippen LogP) is 3.11. The molecule has 5 atom stereocenters. The molecule has 0 saturated carbocycles. The van der Waals surface area contributed by atoms with Crippen LogP contribution < -0.4 is 16.4 Å². The van der Waals surface area contributed by atoms with Crippen LogP contribution in [-0.4, -0.2) is 60.1 Å². The van der Waals surface area contributed by atoms with E-state index in [2.05, 4.69) is 10.6 Å². The van der Waals surface area contributed by atoms with Crippen molar-refractivity contribution in [3.05, 3.63) is 108 Å². The molecule has 0 aliphatic carbocycles. The van der Waals surface area contributed by atoms with Crippen molar-refractivity contribution >= 4 is 29.7 Å². The van der Waals surface area contributed by atoms with Crippen molar-refractivity contribution in [1.82, 2.24) is 10.6 Å². The summed E-state index contributed by atoms with van der Waals surface area (Å²) in [5, 5.41) is 5.33. The molecule has 3 aromatic carbocycles. The second-order valence-corrected chi connectivity index (χ2v) is 12.2. The van der Waals surface area contributed by atoms with Gasteiger partial charge in [0.2, 0.25) is 5.91 Å². The first-order valence-electron chi connectivity index (χ1n) is 16.2. The van der Waals surface area contributed by atoms with Crippen LogP contribution in [0.5, 0.6) is 0 Å². The van der Waals surface area contributed by atoms with E-state index in [9.17, 15) is 24.0 Å². The molecule has 1 unspecified atom stereocenters. The van der Waals surface area contributed by atoms with Gasteiger partial charge in [0.15, 0.2) is 12.2 Å². The first kappa shape index (κ1) is 36.8. The molecule has 1 fully saturated rings. The number of rotatable bonds is 18. The highest BCUT2D eigenvalue weighted by Crippen LogP contribution is 2.25. The Hall–Kier alpha value is -5.07. The van der Waals surface area contributed by atoms with Gasteiger partial charge in [-0.2, -0.15) is 0 Å². The summed E-state index contributed by atoms with van der Waals surface area (Å²) in [6.07, 6.45) is -2.01. The Balaban J connectivity index is 1.35. The van der Waals surface area contributed by atoms with Gasteiger partial charge in [-0.3, -0.25) is 14.4 Å². The van der Waals surface area contributed by atoms with Gasteiger partial charge in [0.25, 0.3) is 5.91 Å². The monoisotopic (exact) mass is 673 g/mol. The summed E-state index contributed by atoms with van der Waals surface area (Å²) >= 11 is 0. The average Bonchev–Trinajstić information content (AvgIpc) is 3.92. The minimum Gasteiger partial charge on any atom is -0.460 e. The second kappa shape index (κ2) is 18.5. The van der Waals surface area contributed by atoms with Crippen LogP contribution in [0.4, 0.5) is 0 Å². The summed E-state index contributed by atoms with van der Waals surface area (Å²) < 4.78 is 21.4. The molecule has 1 aliphatic heterocycles. The van der Waals surface area contributed by atoms with Gasteiger partial charge in [0.1, 0.15) is 37.9 Å². The molecule has 12 nitrogen and oxygen atoms in total. The maximum atomic E-state index is 13.6. The summed E-state index contributed by atoms with van der Waals surface area (Å²) in [6, 6.07) is 23.9. The van der Waals surface area contributed by atoms with E-state index in [4.69, 9.17) is 24.7 Å². The zero-order chi connectivity index (χ0) is 35.2. The highest BCUT2D eigenvalue weighted by atomic mass is 16.6. The largest absolute Gasteiger partial charge is 0.460 e. The lowest BCUT2D eigenvalue weighted by atomic mass is 10.0. The second-order valence-electron chi connectivity index (χ2n) is 12.2. The maximum Gasteiger partial charge on any atom is 0.338 e. The van der Waals surface area contributed by atoms with Gasteiger partial charge in [-0.05, 0) is 41.9 Å². The standard InChI is InChI=1S/C37H43N3O9/c1-24(2)20-30(40-34(42)31-32(49-31)37(45)48-23-27-16-10-5-11-17-27)33(41)39-29(36(44)47-22-26-14-8-4-9-15-26)19-18-28(38)35(43)46-21-25-12-6-3-7-13-25/h3-17,24,28-32H,18-23,38H2,1-2H3,(H,39,41)(H,40,42)/t28?,29-,30-,31-,32-/m0/s1. The fourth-order valence-electron chi connectivity index (χ4n) is 4.91. The summed E-state index contributed by atoms with van der Waals surface area (Å²) in [4.78, 5) is 64.9. The SMILES string of the molecule is CC(C)C[C@H](NC(=O)[C@H]1O[C@@H]1C(=O)OCc1ccccc1)C(=O)N[C@@H](CCC(N)C(=O)OCc1ccccc1)C(=O)OCc1ccccc1. The van der Waals surface area contributed by atoms with Crippen molar-refractivity contribution in [1.29, 1.82) is 0 Å². The summed E-state index contributed by atoms with van der Waals surface area (Å²) in [5.41, 5.74) is 8.42. The van der Waals surface area contributed by atoms with Gasteiger partial charge < -0.3 is 35.3 Å². The fraction of sp³-hybridized carbons (Fsp3) is 0.378. The molecule has 0 spiro atoms. The smallest absolute Gasteiger partial charge is 0.338 e. The van der Waals surface area contributed by atoms with Crippen molar-refractivity contribution in [3.8, 4) is 0 Å². The Morgan fingerprint density at radius 2 is 1.14 bits per heavy atom. The van der Waals surface area contributed by atoms with Crippen LogP contribution in [0, 0.1) is 5.92 Å². The van der Waals surface area contributed by atoms with Gasteiger partial charge in [0, 0.05) is 0 Å². The van der Waals surface area contributed by atoms with Crippen LogP contribution in [0.1, 0.15) is 49.8 Å². The first-order chi connectivity index (χ1) is 23.6. The first-order valence-corrected chi connectivity index (χ1v) is 16.2. The molecule has 12 heteroatoms. The van der Waals surface area contributed by atoms with Crippen LogP contribution in [0.3, 0.4) is 0 Å². The highest BCUT2D eigenvalue weighted by Gasteiger charge is 2.52. The van der Waals surface area contributed by atoms with Crippen molar-refractivity contribution in [3.63, 3.8) is 0 Å². The number of nitrogens with one attached hydrogen (secondary N) is 2. The van der Waals surface area contributed by atoms with Crippen LogP contribution in [0.2, 0.25) is 0 Å². The van der Waals surface area contributed by atoms with Gasteiger partial charge >= 0.3 is 17.9 Å². The molecule has 260 valence electrons. The molecular formula is C37H43N3O9. The number of hydrogen-bond donors (Lipinski definition) is 3. The third-order valence-electron chi connectivity index (χ3n) is 7.66. The van der Waals surface area contributed by atoms with Crippen LogP contribution in [0.25, 0.3) is 0 Å². The quantitative estimate of drug-likeness (QED) is 0.103. The maximum absolute atomic E-state index is 13.6. The molecule has 1 heterocycles. The van der Waals surface area contributed by atoms with E-state index in [1.807, 2.05) is 68.4 Å². The Labute approximate surface area is 285 Å². The normalized spacial score (nSPS) is 16.8. The molecule has 4 rings (SSSR count). The van der Waals surface area contributed by atoms with Gasteiger partial charge in [-0.1, -0.05) is 105 Å².